The zero-order chi connectivity index (χ0) is 19.1. The van der Waals surface area contributed by atoms with Gasteiger partial charge in [-0.15, -0.1) is 11.3 Å². The molecule has 0 aliphatic heterocycles. The molecule has 27 heavy (non-hydrogen) atoms. The number of benzene rings is 1. The van der Waals surface area contributed by atoms with Gasteiger partial charge in [-0.3, -0.25) is 9.59 Å². The van der Waals surface area contributed by atoms with Crippen molar-refractivity contribution in [3.63, 3.8) is 0 Å². The van der Waals surface area contributed by atoms with E-state index in [1.165, 1.54) is 11.3 Å². The fraction of sp³-hybridized carbons (Fsp3) is 0.381. The highest BCUT2D eigenvalue weighted by Crippen LogP contribution is 2.53. The molecule has 2 aliphatic rings. The van der Waals surface area contributed by atoms with Gasteiger partial charge in [-0.1, -0.05) is 30.3 Å². The van der Waals surface area contributed by atoms with Crippen LogP contribution in [-0.2, 0) is 9.59 Å². The molecule has 4 rings (SSSR count). The maximum absolute atomic E-state index is 13.0. The first-order chi connectivity index (χ1) is 13.0. The highest BCUT2D eigenvalue weighted by molar-refractivity contribution is 7.17. The SMILES string of the molecule is Cc1sc(NC(=O)[C@@H]2[C@H]3CC[C@@H](C3)[C@H]2C(=O)O)c(C#N)c1-c1ccccc1. The van der Waals surface area contributed by atoms with Gasteiger partial charge in [0.05, 0.1) is 17.4 Å². The summed E-state index contributed by atoms with van der Waals surface area (Å²) in [4.78, 5) is 25.6. The lowest BCUT2D eigenvalue weighted by Crippen LogP contribution is -2.37. The lowest BCUT2D eigenvalue weighted by atomic mass is 9.79. The van der Waals surface area contributed by atoms with Gasteiger partial charge in [0.25, 0.3) is 0 Å². The average Bonchev–Trinajstić information content (AvgIpc) is 3.34. The predicted molar refractivity (Wildman–Crippen MR) is 103 cm³/mol. The number of hydrogen-bond acceptors (Lipinski definition) is 4. The Kier molecular flexibility index (Phi) is 4.48. The van der Waals surface area contributed by atoms with E-state index in [-0.39, 0.29) is 17.7 Å². The number of carboxylic acids is 1. The van der Waals surface area contributed by atoms with Crippen molar-refractivity contribution >= 4 is 28.2 Å². The van der Waals surface area contributed by atoms with Crippen LogP contribution in [0.1, 0.15) is 29.7 Å². The van der Waals surface area contributed by atoms with E-state index in [1.807, 2.05) is 37.3 Å². The summed E-state index contributed by atoms with van der Waals surface area (Å²) in [5.41, 5.74) is 2.22. The van der Waals surface area contributed by atoms with Crippen LogP contribution in [0.5, 0.6) is 0 Å². The van der Waals surface area contributed by atoms with E-state index in [4.69, 9.17) is 0 Å². The summed E-state index contributed by atoms with van der Waals surface area (Å²) in [7, 11) is 0. The Morgan fingerprint density at radius 2 is 1.85 bits per heavy atom. The first-order valence-corrected chi connectivity index (χ1v) is 9.95. The molecule has 0 saturated heterocycles. The van der Waals surface area contributed by atoms with Gasteiger partial charge in [-0.25, -0.2) is 0 Å². The number of fused-ring (bicyclic) bond motifs is 2. The maximum Gasteiger partial charge on any atom is 0.307 e. The van der Waals surface area contributed by atoms with Crippen molar-refractivity contribution in [1.82, 2.24) is 0 Å². The predicted octanol–water partition coefficient (Wildman–Crippen LogP) is 4.28. The summed E-state index contributed by atoms with van der Waals surface area (Å²) in [5.74, 6) is -2.01. The molecule has 1 amide bonds. The minimum absolute atomic E-state index is 0.101. The van der Waals surface area contributed by atoms with Crippen LogP contribution in [0.3, 0.4) is 0 Å². The Morgan fingerprint density at radius 3 is 2.48 bits per heavy atom. The minimum Gasteiger partial charge on any atom is -0.481 e. The Labute approximate surface area is 161 Å². The van der Waals surface area contributed by atoms with E-state index in [0.29, 0.717) is 10.6 Å². The Bertz CT molecular complexity index is 944. The number of carbonyl (C=O) groups excluding carboxylic acids is 1. The van der Waals surface area contributed by atoms with Gasteiger partial charge in [-0.05, 0) is 43.6 Å². The van der Waals surface area contributed by atoms with Crippen LogP contribution >= 0.6 is 11.3 Å². The van der Waals surface area contributed by atoms with Gasteiger partial charge in [0, 0.05) is 10.4 Å². The second kappa shape index (κ2) is 6.82. The van der Waals surface area contributed by atoms with Crippen molar-refractivity contribution in [2.24, 2.45) is 23.7 Å². The molecule has 1 heterocycles. The molecule has 1 aromatic carbocycles. The molecule has 2 fully saturated rings. The molecule has 5 nitrogen and oxygen atoms in total. The first kappa shape index (κ1) is 17.7. The zero-order valence-corrected chi connectivity index (χ0v) is 15.8. The molecule has 1 aromatic heterocycles. The number of anilines is 1. The van der Waals surface area contributed by atoms with Crippen LogP contribution in [0.2, 0.25) is 0 Å². The van der Waals surface area contributed by atoms with E-state index in [0.717, 1.165) is 35.3 Å². The molecule has 6 heteroatoms. The van der Waals surface area contributed by atoms with Crippen molar-refractivity contribution < 1.29 is 14.7 Å². The monoisotopic (exact) mass is 380 g/mol. The fourth-order valence-electron chi connectivity index (χ4n) is 4.91. The first-order valence-electron chi connectivity index (χ1n) is 9.13. The Balaban J connectivity index is 1.65. The number of carboxylic acid groups (broad SMARTS) is 1. The van der Waals surface area contributed by atoms with Crippen molar-refractivity contribution in [3.8, 4) is 17.2 Å². The molecule has 0 radical (unpaired) electrons. The highest BCUT2D eigenvalue weighted by atomic mass is 32.1. The second-order valence-electron chi connectivity index (χ2n) is 7.43. The topological polar surface area (TPSA) is 90.2 Å². The third kappa shape index (κ3) is 2.92. The summed E-state index contributed by atoms with van der Waals surface area (Å²) >= 11 is 1.38. The molecule has 2 saturated carbocycles. The molecule has 0 spiro atoms. The van der Waals surface area contributed by atoms with Gasteiger partial charge in [0.15, 0.2) is 0 Å². The molecule has 2 aliphatic carbocycles. The van der Waals surface area contributed by atoms with Gasteiger partial charge in [0.1, 0.15) is 11.1 Å². The smallest absolute Gasteiger partial charge is 0.307 e. The molecule has 2 aromatic rings. The summed E-state index contributed by atoms with van der Waals surface area (Å²) in [5, 5.41) is 22.7. The van der Waals surface area contributed by atoms with Crippen LogP contribution in [0.15, 0.2) is 30.3 Å². The van der Waals surface area contributed by atoms with Crippen molar-refractivity contribution in [3.05, 3.63) is 40.8 Å². The second-order valence-corrected chi connectivity index (χ2v) is 8.65. The van der Waals surface area contributed by atoms with E-state index in [1.54, 1.807) is 0 Å². The lowest BCUT2D eigenvalue weighted by molar-refractivity contribution is -0.148. The largest absolute Gasteiger partial charge is 0.481 e. The van der Waals surface area contributed by atoms with Gasteiger partial charge < -0.3 is 10.4 Å². The summed E-state index contributed by atoms with van der Waals surface area (Å²) in [6, 6.07) is 11.9. The molecule has 138 valence electrons. The average molecular weight is 380 g/mol. The molecular weight excluding hydrogens is 360 g/mol. The van der Waals surface area contributed by atoms with Crippen molar-refractivity contribution in [2.75, 3.05) is 5.32 Å². The summed E-state index contributed by atoms with van der Waals surface area (Å²) < 4.78 is 0. The number of nitriles is 1. The normalized spacial score (nSPS) is 25.9. The van der Waals surface area contributed by atoms with Gasteiger partial charge >= 0.3 is 5.97 Å². The quantitative estimate of drug-likeness (QED) is 0.828. The van der Waals surface area contributed by atoms with Gasteiger partial charge in [-0.2, -0.15) is 5.26 Å². The van der Waals surface area contributed by atoms with Crippen LogP contribution in [0, 0.1) is 41.9 Å². The van der Waals surface area contributed by atoms with E-state index in [9.17, 15) is 20.0 Å². The summed E-state index contributed by atoms with van der Waals surface area (Å²) in [6.45, 7) is 1.93. The number of carbonyl (C=O) groups is 2. The lowest BCUT2D eigenvalue weighted by Gasteiger charge is -2.26. The molecule has 4 atom stereocenters. The maximum atomic E-state index is 13.0. The number of rotatable bonds is 4. The molecule has 0 unspecified atom stereocenters. The fourth-order valence-corrected chi connectivity index (χ4v) is 5.94. The third-order valence-corrected chi connectivity index (χ3v) is 7.02. The highest BCUT2D eigenvalue weighted by Gasteiger charge is 2.54. The number of nitrogens with one attached hydrogen (secondary N) is 1. The number of amides is 1. The Morgan fingerprint density at radius 1 is 1.19 bits per heavy atom. The summed E-state index contributed by atoms with van der Waals surface area (Å²) in [6.07, 6.45) is 2.63. The number of aryl methyl sites for hydroxylation is 1. The van der Waals surface area contributed by atoms with E-state index < -0.39 is 17.8 Å². The zero-order valence-electron chi connectivity index (χ0n) is 14.9. The number of thiophene rings is 1. The Hall–Kier alpha value is -2.65. The third-order valence-electron chi connectivity index (χ3n) is 6.00. The van der Waals surface area contributed by atoms with Gasteiger partial charge in [0.2, 0.25) is 5.91 Å². The minimum atomic E-state index is -0.879. The van der Waals surface area contributed by atoms with Crippen LogP contribution in [0.25, 0.3) is 11.1 Å². The molecule has 2 N–H and O–H groups in total. The molecule has 2 bridgehead atoms. The number of aliphatic carboxylic acids is 1. The van der Waals surface area contributed by atoms with Crippen LogP contribution in [0.4, 0.5) is 5.00 Å². The van der Waals surface area contributed by atoms with E-state index in [2.05, 4.69) is 11.4 Å². The van der Waals surface area contributed by atoms with Crippen LogP contribution < -0.4 is 5.32 Å². The standard InChI is InChI=1S/C21H20N2O3S/c1-11-16(12-5-3-2-4-6-12)15(10-22)20(27-11)23-19(24)17-13-7-8-14(9-13)18(17)21(25)26/h2-6,13-14,17-18H,7-9H2,1H3,(H,23,24)(H,25,26)/t13-,14-,17+,18+/m0/s1. The molecular formula is C21H20N2O3S. The van der Waals surface area contributed by atoms with E-state index >= 15 is 0 Å². The number of hydrogen-bond donors (Lipinski definition) is 2. The van der Waals surface area contributed by atoms with Crippen molar-refractivity contribution in [2.45, 2.75) is 26.2 Å². The van der Waals surface area contributed by atoms with Crippen LogP contribution in [-0.4, -0.2) is 17.0 Å². The van der Waals surface area contributed by atoms with Crippen molar-refractivity contribution in [1.29, 1.82) is 5.26 Å². The number of nitrogens with zero attached hydrogens (tertiary/aromatic N) is 1.